The zero-order valence-electron chi connectivity index (χ0n) is 16.7. The van der Waals surface area contributed by atoms with Crippen molar-refractivity contribution in [3.05, 3.63) is 72.3 Å². The highest BCUT2D eigenvalue weighted by Crippen LogP contribution is 2.22. The molecule has 30 heavy (non-hydrogen) atoms. The fourth-order valence-electron chi connectivity index (χ4n) is 2.93. The Bertz CT molecular complexity index is 1040. The van der Waals surface area contributed by atoms with E-state index in [0.717, 1.165) is 10.8 Å². The number of ether oxygens (including phenoxy) is 2. The van der Waals surface area contributed by atoms with Gasteiger partial charge in [0.25, 0.3) is 5.91 Å². The molecule has 0 aliphatic carbocycles. The smallest absolute Gasteiger partial charge is 0.306 e. The van der Waals surface area contributed by atoms with Gasteiger partial charge in [-0.3, -0.25) is 14.4 Å². The van der Waals surface area contributed by atoms with Gasteiger partial charge in [0.15, 0.2) is 12.4 Å². The summed E-state index contributed by atoms with van der Waals surface area (Å²) in [7, 11) is 0. The molecular formula is C24H23NO5. The van der Waals surface area contributed by atoms with Crippen molar-refractivity contribution in [1.29, 1.82) is 0 Å². The number of ketones is 1. The Labute approximate surface area is 174 Å². The molecule has 1 N–H and O–H groups in total. The van der Waals surface area contributed by atoms with Crippen LogP contribution in [0.2, 0.25) is 0 Å². The molecule has 3 rings (SSSR count). The molecule has 0 bridgehead atoms. The zero-order valence-corrected chi connectivity index (χ0v) is 16.7. The van der Waals surface area contributed by atoms with E-state index in [0.29, 0.717) is 30.0 Å². The van der Waals surface area contributed by atoms with E-state index in [1.54, 1.807) is 24.3 Å². The van der Waals surface area contributed by atoms with Gasteiger partial charge in [0.1, 0.15) is 5.75 Å². The molecular weight excluding hydrogens is 382 g/mol. The van der Waals surface area contributed by atoms with E-state index in [1.165, 1.54) is 6.92 Å². The lowest BCUT2D eigenvalue weighted by Gasteiger charge is -2.09. The number of rotatable bonds is 9. The van der Waals surface area contributed by atoms with Crippen molar-refractivity contribution < 1.29 is 23.9 Å². The highest BCUT2D eigenvalue weighted by atomic mass is 16.5. The Morgan fingerprint density at radius 2 is 1.63 bits per heavy atom. The number of fused-ring (bicyclic) bond motifs is 1. The van der Waals surface area contributed by atoms with E-state index < -0.39 is 5.97 Å². The first kappa shape index (κ1) is 21.0. The topological polar surface area (TPSA) is 81.7 Å². The van der Waals surface area contributed by atoms with Crippen LogP contribution in [0, 0.1) is 0 Å². The maximum atomic E-state index is 12.1. The highest BCUT2D eigenvalue weighted by molar-refractivity contribution is 6.02. The molecule has 3 aromatic rings. The number of hydrogen-bond donors (Lipinski definition) is 1. The van der Waals surface area contributed by atoms with Crippen LogP contribution in [0.3, 0.4) is 0 Å². The van der Waals surface area contributed by atoms with Crippen LogP contribution in [0.15, 0.2) is 66.7 Å². The van der Waals surface area contributed by atoms with Crippen LogP contribution < -0.4 is 10.1 Å². The van der Waals surface area contributed by atoms with E-state index in [-0.39, 0.29) is 24.7 Å². The summed E-state index contributed by atoms with van der Waals surface area (Å²) in [5, 5.41) is 4.72. The summed E-state index contributed by atoms with van der Waals surface area (Å²) >= 11 is 0. The first-order valence-electron chi connectivity index (χ1n) is 9.70. The number of amides is 1. The van der Waals surface area contributed by atoms with Gasteiger partial charge in [-0.05, 0) is 49.1 Å². The van der Waals surface area contributed by atoms with Gasteiger partial charge in [-0.15, -0.1) is 0 Å². The number of carbonyl (C=O) groups excluding carboxylic acids is 3. The van der Waals surface area contributed by atoms with Crippen LogP contribution in [0.5, 0.6) is 5.75 Å². The summed E-state index contributed by atoms with van der Waals surface area (Å²) in [4.78, 5) is 35.2. The largest absolute Gasteiger partial charge is 0.494 e. The Balaban J connectivity index is 1.37. The first-order valence-corrected chi connectivity index (χ1v) is 9.70. The van der Waals surface area contributed by atoms with Gasteiger partial charge in [0, 0.05) is 23.1 Å². The molecule has 0 fully saturated rings. The lowest BCUT2D eigenvalue weighted by atomic mass is 10.1. The van der Waals surface area contributed by atoms with Gasteiger partial charge in [-0.2, -0.15) is 0 Å². The second kappa shape index (κ2) is 10.2. The zero-order chi connectivity index (χ0) is 21.3. The highest BCUT2D eigenvalue weighted by Gasteiger charge is 2.10. The molecule has 0 spiro atoms. The number of Topliss-reactive ketones (excluding diaryl/α,β-unsaturated/α-hetero) is 1. The van der Waals surface area contributed by atoms with Gasteiger partial charge in [0.05, 0.1) is 6.61 Å². The number of nitrogens with one attached hydrogen (secondary N) is 1. The monoisotopic (exact) mass is 405 g/mol. The number of anilines is 1. The maximum Gasteiger partial charge on any atom is 0.306 e. The van der Waals surface area contributed by atoms with E-state index in [9.17, 15) is 14.4 Å². The summed E-state index contributed by atoms with van der Waals surface area (Å²) < 4.78 is 10.6. The normalized spacial score (nSPS) is 10.4. The Hall–Kier alpha value is -3.67. The lowest BCUT2D eigenvalue weighted by Crippen LogP contribution is -2.21. The van der Waals surface area contributed by atoms with Crippen molar-refractivity contribution in [2.75, 3.05) is 18.5 Å². The Kier molecular flexibility index (Phi) is 7.16. The van der Waals surface area contributed by atoms with Gasteiger partial charge in [-0.1, -0.05) is 36.4 Å². The molecule has 6 heteroatoms. The molecule has 6 nitrogen and oxygen atoms in total. The average Bonchev–Trinajstić information content (AvgIpc) is 2.76. The van der Waals surface area contributed by atoms with Crippen LogP contribution in [0.25, 0.3) is 10.8 Å². The first-order chi connectivity index (χ1) is 14.5. The Morgan fingerprint density at radius 3 is 2.40 bits per heavy atom. The van der Waals surface area contributed by atoms with E-state index in [4.69, 9.17) is 9.47 Å². The summed E-state index contributed by atoms with van der Waals surface area (Å²) in [6.45, 7) is 1.50. The standard InChI is InChI=1S/C24H23NO5/c1-17(26)18-11-13-20(14-12-18)29-15-5-10-24(28)30-16-23(27)25-22-9-4-7-19-6-2-3-8-21(19)22/h2-4,6-9,11-14H,5,10,15-16H2,1H3,(H,25,27). The molecule has 0 radical (unpaired) electrons. The molecule has 0 saturated heterocycles. The number of carbonyl (C=O) groups is 3. The van der Waals surface area contributed by atoms with E-state index in [2.05, 4.69) is 5.32 Å². The molecule has 0 aromatic heterocycles. The van der Waals surface area contributed by atoms with E-state index >= 15 is 0 Å². The van der Waals surface area contributed by atoms with Crippen molar-refractivity contribution in [1.82, 2.24) is 0 Å². The third-order valence-electron chi connectivity index (χ3n) is 4.48. The van der Waals surface area contributed by atoms with Crippen LogP contribution >= 0.6 is 0 Å². The number of hydrogen-bond acceptors (Lipinski definition) is 5. The van der Waals surface area contributed by atoms with Crippen LogP contribution in [-0.2, 0) is 14.3 Å². The molecule has 0 atom stereocenters. The summed E-state index contributed by atoms with van der Waals surface area (Å²) in [6.07, 6.45) is 0.602. The quantitative estimate of drug-likeness (QED) is 0.324. The molecule has 0 aliphatic heterocycles. The minimum Gasteiger partial charge on any atom is -0.494 e. The van der Waals surface area contributed by atoms with Crippen LogP contribution in [0.1, 0.15) is 30.1 Å². The summed E-state index contributed by atoms with van der Waals surface area (Å²) in [5.74, 6) is -0.225. The molecule has 0 unspecified atom stereocenters. The maximum absolute atomic E-state index is 12.1. The number of esters is 1. The van der Waals surface area contributed by atoms with Crippen molar-refractivity contribution >= 4 is 34.1 Å². The molecule has 0 saturated carbocycles. The summed E-state index contributed by atoms with van der Waals surface area (Å²) in [6, 6.07) is 20.2. The molecule has 154 valence electrons. The van der Waals surface area contributed by atoms with Gasteiger partial charge in [-0.25, -0.2) is 0 Å². The van der Waals surface area contributed by atoms with Gasteiger partial charge >= 0.3 is 5.97 Å². The van der Waals surface area contributed by atoms with Crippen molar-refractivity contribution in [3.8, 4) is 5.75 Å². The minimum atomic E-state index is -0.460. The second-order valence-corrected chi connectivity index (χ2v) is 6.77. The predicted octanol–water partition coefficient (Wildman–Crippen LogP) is 4.38. The van der Waals surface area contributed by atoms with Crippen LogP contribution in [-0.4, -0.2) is 30.9 Å². The fourth-order valence-corrected chi connectivity index (χ4v) is 2.93. The summed E-state index contributed by atoms with van der Waals surface area (Å²) in [5.41, 5.74) is 1.30. The molecule has 0 heterocycles. The van der Waals surface area contributed by atoms with Crippen molar-refractivity contribution in [2.45, 2.75) is 19.8 Å². The van der Waals surface area contributed by atoms with Crippen LogP contribution in [0.4, 0.5) is 5.69 Å². The third kappa shape index (κ3) is 5.91. The SMILES string of the molecule is CC(=O)c1ccc(OCCCC(=O)OCC(=O)Nc2cccc3ccccc23)cc1. The van der Waals surface area contributed by atoms with Gasteiger partial charge < -0.3 is 14.8 Å². The second-order valence-electron chi connectivity index (χ2n) is 6.77. The minimum absolute atomic E-state index is 0.00576. The van der Waals surface area contributed by atoms with Crippen molar-refractivity contribution in [3.63, 3.8) is 0 Å². The third-order valence-corrected chi connectivity index (χ3v) is 4.48. The van der Waals surface area contributed by atoms with Crippen molar-refractivity contribution in [2.24, 2.45) is 0 Å². The molecule has 0 aliphatic rings. The predicted molar refractivity (Wildman–Crippen MR) is 115 cm³/mol. The lowest BCUT2D eigenvalue weighted by molar-refractivity contribution is -0.147. The molecule has 3 aromatic carbocycles. The molecule has 1 amide bonds. The Morgan fingerprint density at radius 1 is 0.900 bits per heavy atom. The fraction of sp³-hybridized carbons (Fsp3) is 0.208. The number of benzene rings is 3. The van der Waals surface area contributed by atoms with E-state index in [1.807, 2.05) is 42.5 Å². The van der Waals surface area contributed by atoms with Gasteiger partial charge in [0.2, 0.25) is 0 Å². The average molecular weight is 405 g/mol.